The molecule has 0 heterocycles. The Labute approximate surface area is 103 Å². The molecule has 0 N–H and O–H groups in total. The minimum absolute atomic E-state index is 0.0136. The van der Waals surface area contributed by atoms with E-state index in [1.807, 2.05) is 0 Å². The van der Waals surface area contributed by atoms with Gasteiger partial charge in [0.2, 0.25) is 0 Å². The summed E-state index contributed by atoms with van der Waals surface area (Å²) >= 11 is 0. The van der Waals surface area contributed by atoms with Crippen LogP contribution in [0.25, 0.3) is 0 Å². The van der Waals surface area contributed by atoms with Crippen molar-refractivity contribution < 1.29 is 9.53 Å². The predicted octanol–water partition coefficient (Wildman–Crippen LogP) is 3.18. The SMILES string of the molecule is COC(=O)[C@@H]1CCC=C2[C@H]1C[C@H]1C[C@@H]2C1(C)C. The lowest BCUT2D eigenvalue weighted by Gasteiger charge is -2.61. The van der Waals surface area contributed by atoms with E-state index in [0.29, 0.717) is 11.3 Å². The molecule has 4 aliphatic rings. The second-order valence-electron chi connectivity index (χ2n) is 6.56. The molecule has 0 aliphatic heterocycles. The summed E-state index contributed by atoms with van der Waals surface area (Å²) in [5.41, 5.74) is 2.06. The summed E-state index contributed by atoms with van der Waals surface area (Å²) in [7, 11) is 1.52. The van der Waals surface area contributed by atoms with Crippen molar-refractivity contribution in [1.82, 2.24) is 0 Å². The van der Waals surface area contributed by atoms with Crippen molar-refractivity contribution in [3.05, 3.63) is 11.6 Å². The third kappa shape index (κ3) is 1.42. The monoisotopic (exact) mass is 234 g/mol. The average Bonchev–Trinajstić information content (AvgIpc) is 2.36. The number of allylic oxidation sites excluding steroid dienone is 2. The average molecular weight is 234 g/mol. The summed E-state index contributed by atoms with van der Waals surface area (Å²) in [5, 5.41) is 0. The van der Waals surface area contributed by atoms with Crippen LogP contribution in [0.3, 0.4) is 0 Å². The topological polar surface area (TPSA) is 26.3 Å². The van der Waals surface area contributed by atoms with Crippen molar-refractivity contribution >= 4 is 5.97 Å². The summed E-state index contributed by atoms with van der Waals surface area (Å²) < 4.78 is 4.97. The van der Waals surface area contributed by atoms with Gasteiger partial charge in [0.25, 0.3) is 0 Å². The first-order valence-electron chi connectivity index (χ1n) is 6.83. The van der Waals surface area contributed by atoms with Crippen molar-refractivity contribution in [2.24, 2.45) is 29.1 Å². The van der Waals surface area contributed by atoms with E-state index in [1.165, 1.54) is 20.0 Å². The van der Waals surface area contributed by atoms with Crippen LogP contribution in [0.4, 0.5) is 0 Å². The Morgan fingerprint density at radius 3 is 2.82 bits per heavy atom. The maximum absolute atomic E-state index is 11.9. The van der Waals surface area contributed by atoms with E-state index in [0.717, 1.165) is 24.7 Å². The summed E-state index contributed by atoms with van der Waals surface area (Å²) in [6.45, 7) is 4.79. The maximum Gasteiger partial charge on any atom is 0.309 e. The van der Waals surface area contributed by atoms with Crippen molar-refractivity contribution in [2.45, 2.75) is 39.5 Å². The number of methoxy groups -OCH3 is 1. The van der Waals surface area contributed by atoms with Crippen LogP contribution in [0.15, 0.2) is 11.6 Å². The Bertz CT molecular complexity index is 380. The molecule has 3 fully saturated rings. The van der Waals surface area contributed by atoms with Crippen LogP contribution in [-0.2, 0) is 9.53 Å². The predicted molar refractivity (Wildman–Crippen MR) is 66.3 cm³/mol. The molecule has 0 aromatic carbocycles. The zero-order valence-corrected chi connectivity index (χ0v) is 11.0. The van der Waals surface area contributed by atoms with E-state index in [9.17, 15) is 4.79 Å². The lowest BCUT2D eigenvalue weighted by atomic mass is 9.43. The van der Waals surface area contributed by atoms with Gasteiger partial charge < -0.3 is 4.74 Å². The Morgan fingerprint density at radius 1 is 1.41 bits per heavy atom. The Balaban J connectivity index is 1.87. The highest BCUT2D eigenvalue weighted by atomic mass is 16.5. The van der Waals surface area contributed by atoms with Gasteiger partial charge in [0, 0.05) is 0 Å². The van der Waals surface area contributed by atoms with E-state index in [2.05, 4.69) is 19.9 Å². The quantitative estimate of drug-likeness (QED) is 0.514. The van der Waals surface area contributed by atoms with Crippen molar-refractivity contribution in [3.63, 3.8) is 0 Å². The van der Waals surface area contributed by atoms with Crippen molar-refractivity contribution in [3.8, 4) is 0 Å². The minimum Gasteiger partial charge on any atom is -0.469 e. The second-order valence-corrected chi connectivity index (χ2v) is 6.56. The zero-order chi connectivity index (χ0) is 12.2. The first-order chi connectivity index (χ1) is 8.05. The van der Waals surface area contributed by atoms with Gasteiger partial charge in [0.15, 0.2) is 0 Å². The molecule has 3 saturated carbocycles. The Kier molecular flexibility index (Phi) is 2.39. The maximum atomic E-state index is 11.9. The largest absolute Gasteiger partial charge is 0.469 e. The molecule has 0 aromatic rings. The zero-order valence-electron chi connectivity index (χ0n) is 11.0. The molecule has 0 spiro atoms. The molecule has 4 rings (SSSR count). The van der Waals surface area contributed by atoms with Gasteiger partial charge in [-0.05, 0) is 48.9 Å². The van der Waals surface area contributed by atoms with Gasteiger partial charge in [-0.25, -0.2) is 0 Å². The van der Waals surface area contributed by atoms with E-state index >= 15 is 0 Å². The number of rotatable bonds is 1. The summed E-state index contributed by atoms with van der Waals surface area (Å²) in [4.78, 5) is 11.9. The lowest BCUT2D eigenvalue weighted by molar-refractivity contribution is -0.150. The molecule has 0 saturated heterocycles. The highest BCUT2D eigenvalue weighted by Gasteiger charge is 2.57. The molecule has 4 aliphatic carbocycles. The number of hydrogen-bond acceptors (Lipinski definition) is 2. The summed E-state index contributed by atoms with van der Waals surface area (Å²) in [6, 6.07) is 0. The van der Waals surface area contributed by atoms with Gasteiger partial charge in [-0.2, -0.15) is 0 Å². The van der Waals surface area contributed by atoms with Gasteiger partial charge >= 0.3 is 5.97 Å². The molecule has 4 atom stereocenters. The van der Waals surface area contributed by atoms with Gasteiger partial charge in [0.1, 0.15) is 0 Å². The van der Waals surface area contributed by atoms with Crippen LogP contribution >= 0.6 is 0 Å². The molecule has 0 aromatic heterocycles. The fourth-order valence-electron chi connectivity index (χ4n) is 4.44. The minimum atomic E-state index is 0.0136. The van der Waals surface area contributed by atoms with Crippen LogP contribution in [0.2, 0.25) is 0 Å². The lowest BCUT2D eigenvalue weighted by Crippen LogP contribution is -2.54. The third-order valence-corrected chi connectivity index (χ3v) is 5.69. The van der Waals surface area contributed by atoms with Crippen LogP contribution in [0.1, 0.15) is 39.5 Å². The number of carbonyl (C=O) groups is 1. The molecule has 2 heteroatoms. The molecule has 2 bridgehead atoms. The normalized spacial score (nSPS) is 41.9. The number of ether oxygens (including phenoxy) is 1. The highest BCUT2D eigenvalue weighted by molar-refractivity contribution is 5.73. The molecule has 0 amide bonds. The van der Waals surface area contributed by atoms with Crippen molar-refractivity contribution in [2.75, 3.05) is 7.11 Å². The number of hydrogen-bond donors (Lipinski definition) is 0. The van der Waals surface area contributed by atoms with Crippen LogP contribution in [0.5, 0.6) is 0 Å². The first kappa shape index (κ1) is 11.3. The van der Waals surface area contributed by atoms with E-state index in [4.69, 9.17) is 4.74 Å². The Morgan fingerprint density at radius 2 is 2.18 bits per heavy atom. The summed E-state index contributed by atoms with van der Waals surface area (Å²) in [5.74, 6) is 2.20. The standard InChI is InChI=1S/C15H22O2/c1-15(2)9-7-12-10(13(15)8-9)5-4-6-11(12)14(16)17-3/h5,9,11-13H,4,6-8H2,1-3H3/t9-,11+,12+,13-/m0/s1. The molecular formula is C15H22O2. The molecular weight excluding hydrogens is 212 g/mol. The third-order valence-electron chi connectivity index (χ3n) is 5.69. The fraction of sp³-hybridized carbons (Fsp3) is 0.800. The van der Waals surface area contributed by atoms with Crippen LogP contribution in [-0.4, -0.2) is 13.1 Å². The number of esters is 1. The molecule has 2 nitrogen and oxygen atoms in total. The van der Waals surface area contributed by atoms with Crippen LogP contribution < -0.4 is 0 Å². The van der Waals surface area contributed by atoms with E-state index in [-0.39, 0.29) is 11.9 Å². The highest BCUT2D eigenvalue weighted by Crippen LogP contribution is 2.65. The van der Waals surface area contributed by atoms with Crippen molar-refractivity contribution in [1.29, 1.82) is 0 Å². The number of carbonyl (C=O) groups excluding carboxylic acids is 1. The Hall–Kier alpha value is -0.790. The fourth-order valence-corrected chi connectivity index (χ4v) is 4.44. The second kappa shape index (κ2) is 3.60. The summed E-state index contributed by atoms with van der Waals surface area (Å²) in [6.07, 6.45) is 7.02. The molecule has 0 unspecified atom stereocenters. The van der Waals surface area contributed by atoms with Gasteiger partial charge in [-0.15, -0.1) is 0 Å². The first-order valence-corrected chi connectivity index (χ1v) is 6.83. The van der Waals surface area contributed by atoms with Gasteiger partial charge in [-0.1, -0.05) is 25.5 Å². The molecule has 94 valence electrons. The van der Waals surface area contributed by atoms with Crippen LogP contribution in [0, 0.1) is 29.1 Å². The molecule has 17 heavy (non-hydrogen) atoms. The van der Waals surface area contributed by atoms with E-state index in [1.54, 1.807) is 5.57 Å². The smallest absolute Gasteiger partial charge is 0.309 e. The van der Waals surface area contributed by atoms with Gasteiger partial charge in [0.05, 0.1) is 13.0 Å². The van der Waals surface area contributed by atoms with E-state index < -0.39 is 0 Å². The van der Waals surface area contributed by atoms with Gasteiger partial charge in [-0.3, -0.25) is 4.79 Å². The molecule has 0 radical (unpaired) electrons.